The molecule has 37 heavy (non-hydrogen) atoms. The van der Waals surface area contributed by atoms with Crippen molar-refractivity contribution in [2.24, 2.45) is 23.7 Å². The second kappa shape index (κ2) is 9.67. The Kier molecular flexibility index (Phi) is 6.68. The molecule has 9 heteroatoms. The Morgan fingerprint density at radius 1 is 1.14 bits per heavy atom. The number of likely N-dealkylation sites (tertiary alicyclic amines) is 1. The number of fused-ring (bicyclic) bond motifs is 1. The van der Waals surface area contributed by atoms with Crippen LogP contribution in [-0.2, 0) is 22.7 Å². The third-order valence-corrected chi connectivity index (χ3v) is 8.01. The number of benzene rings is 2. The number of nitrogens with one attached hydrogen (secondary N) is 2. The van der Waals surface area contributed by atoms with Crippen LogP contribution in [0.15, 0.2) is 54.6 Å². The fourth-order valence-electron chi connectivity index (χ4n) is 6.71. The highest BCUT2D eigenvalue weighted by atomic mass is 19.4. The van der Waals surface area contributed by atoms with Gasteiger partial charge in [-0.3, -0.25) is 14.5 Å². The van der Waals surface area contributed by atoms with E-state index in [2.05, 4.69) is 34.1 Å². The van der Waals surface area contributed by atoms with Crippen LogP contribution < -0.4 is 15.4 Å². The summed E-state index contributed by atoms with van der Waals surface area (Å²) in [5.74, 6) is -0.372. The summed E-state index contributed by atoms with van der Waals surface area (Å²) in [6, 6.07) is 15.5. The van der Waals surface area contributed by atoms with Gasteiger partial charge in [-0.1, -0.05) is 56.3 Å². The Morgan fingerprint density at radius 2 is 1.84 bits per heavy atom. The lowest BCUT2D eigenvalue weighted by molar-refractivity contribution is -0.274. The number of piperidine rings is 2. The maximum atomic E-state index is 13.8. The van der Waals surface area contributed by atoms with Gasteiger partial charge in [-0.15, -0.1) is 13.2 Å². The van der Waals surface area contributed by atoms with E-state index < -0.39 is 11.9 Å². The minimum Gasteiger partial charge on any atom is -0.406 e. The zero-order chi connectivity index (χ0) is 26.4. The fourth-order valence-corrected chi connectivity index (χ4v) is 6.71. The summed E-state index contributed by atoms with van der Waals surface area (Å²) >= 11 is 0. The van der Waals surface area contributed by atoms with Gasteiger partial charge in [0, 0.05) is 31.6 Å². The Labute approximate surface area is 214 Å². The topological polar surface area (TPSA) is 70.7 Å². The zero-order valence-electron chi connectivity index (χ0n) is 20.9. The van der Waals surface area contributed by atoms with Crippen LogP contribution in [0.5, 0.6) is 5.75 Å². The third-order valence-electron chi connectivity index (χ3n) is 8.01. The van der Waals surface area contributed by atoms with Gasteiger partial charge in [0.05, 0.1) is 5.92 Å². The third kappa shape index (κ3) is 5.06. The van der Waals surface area contributed by atoms with Gasteiger partial charge in [0.2, 0.25) is 11.8 Å². The SMILES string of the molecule is CC(C)C[C@H]1[C@@H]2[C@@H]3C(=O)N[C@@]1(C(=O)NCc1ccccc1)C[C@@H]3CN2Cc1ccc(OC(F)(F)F)cc1. The predicted octanol–water partition coefficient (Wildman–Crippen LogP) is 4.25. The number of halogens is 3. The Morgan fingerprint density at radius 3 is 2.49 bits per heavy atom. The molecular formula is C28H32F3N3O3. The first-order chi connectivity index (χ1) is 17.6. The molecule has 2 N–H and O–H groups in total. The normalized spacial score (nSPS) is 28.9. The molecule has 198 valence electrons. The second-order valence-electron chi connectivity index (χ2n) is 11.0. The quantitative estimate of drug-likeness (QED) is 0.552. The van der Waals surface area contributed by atoms with E-state index in [4.69, 9.17) is 0 Å². The molecule has 1 aliphatic carbocycles. The molecule has 3 saturated heterocycles. The molecule has 0 spiro atoms. The summed E-state index contributed by atoms with van der Waals surface area (Å²) in [5, 5.41) is 6.22. The Balaban J connectivity index is 1.38. The molecule has 6 rings (SSSR count). The van der Waals surface area contributed by atoms with Gasteiger partial charge < -0.3 is 15.4 Å². The van der Waals surface area contributed by atoms with E-state index in [1.807, 2.05) is 30.3 Å². The lowest BCUT2D eigenvalue weighted by Crippen LogP contribution is -2.75. The number of ether oxygens (including phenoxy) is 1. The second-order valence-corrected chi connectivity index (χ2v) is 11.0. The molecule has 0 radical (unpaired) electrons. The van der Waals surface area contributed by atoms with E-state index in [1.165, 1.54) is 12.1 Å². The molecule has 2 aromatic rings. The summed E-state index contributed by atoms with van der Waals surface area (Å²) < 4.78 is 41.6. The highest BCUT2D eigenvalue weighted by molar-refractivity contribution is 5.96. The van der Waals surface area contributed by atoms with Gasteiger partial charge in [0.1, 0.15) is 11.3 Å². The van der Waals surface area contributed by atoms with Gasteiger partial charge in [-0.05, 0) is 47.9 Å². The fraction of sp³-hybridized carbons (Fsp3) is 0.500. The number of alkyl halides is 3. The van der Waals surface area contributed by atoms with Gasteiger partial charge in [0.25, 0.3) is 0 Å². The molecule has 2 aromatic carbocycles. The first-order valence-electron chi connectivity index (χ1n) is 12.8. The van der Waals surface area contributed by atoms with Crippen LogP contribution in [0.25, 0.3) is 0 Å². The monoisotopic (exact) mass is 515 g/mol. The van der Waals surface area contributed by atoms with Crippen molar-refractivity contribution in [2.75, 3.05) is 6.54 Å². The molecule has 3 heterocycles. The van der Waals surface area contributed by atoms with Gasteiger partial charge in [0.15, 0.2) is 0 Å². The van der Waals surface area contributed by atoms with Crippen LogP contribution in [-0.4, -0.2) is 41.2 Å². The average molecular weight is 516 g/mol. The number of carbonyl (C=O) groups is 2. The molecule has 0 unspecified atom stereocenters. The molecule has 2 amide bonds. The van der Waals surface area contributed by atoms with E-state index in [0.717, 1.165) is 17.5 Å². The van der Waals surface area contributed by atoms with Crippen molar-refractivity contribution in [3.63, 3.8) is 0 Å². The molecule has 5 atom stereocenters. The maximum Gasteiger partial charge on any atom is 0.573 e. The van der Waals surface area contributed by atoms with E-state index in [1.54, 1.807) is 12.1 Å². The summed E-state index contributed by atoms with van der Waals surface area (Å²) in [6.45, 7) is 5.80. The summed E-state index contributed by atoms with van der Waals surface area (Å²) in [7, 11) is 0. The average Bonchev–Trinajstić information content (AvgIpc) is 3.14. The molecule has 0 aromatic heterocycles. The van der Waals surface area contributed by atoms with Crippen LogP contribution in [0.2, 0.25) is 0 Å². The van der Waals surface area contributed by atoms with E-state index in [0.29, 0.717) is 32.0 Å². The molecular weight excluding hydrogens is 483 g/mol. The predicted molar refractivity (Wildman–Crippen MR) is 131 cm³/mol. The number of carbonyl (C=O) groups excluding carboxylic acids is 2. The minimum absolute atomic E-state index is 0.0532. The molecule has 1 saturated carbocycles. The number of hydrogen-bond acceptors (Lipinski definition) is 4. The zero-order valence-corrected chi connectivity index (χ0v) is 20.9. The first kappa shape index (κ1) is 25.6. The molecule has 4 aliphatic rings. The van der Waals surface area contributed by atoms with Crippen LogP contribution in [0.3, 0.4) is 0 Å². The van der Waals surface area contributed by atoms with Crippen molar-refractivity contribution in [1.82, 2.24) is 15.5 Å². The van der Waals surface area contributed by atoms with Crippen molar-refractivity contribution in [2.45, 2.75) is 57.7 Å². The largest absolute Gasteiger partial charge is 0.573 e. The maximum absolute atomic E-state index is 13.8. The lowest BCUT2D eigenvalue weighted by Gasteiger charge is -2.55. The highest BCUT2D eigenvalue weighted by Gasteiger charge is 2.67. The molecule has 4 bridgehead atoms. The summed E-state index contributed by atoms with van der Waals surface area (Å²) in [4.78, 5) is 29.3. The number of nitrogens with zero attached hydrogens (tertiary/aromatic N) is 1. The van der Waals surface area contributed by atoms with E-state index in [-0.39, 0.29) is 41.4 Å². The minimum atomic E-state index is -4.74. The van der Waals surface area contributed by atoms with Crippen LogP contribution >= 0.6 is 0 Å². The van der Waals surface area contributed by atoms with Crippen molar-refractivity contribution >= 4 is 11.8 Å². The Hall–Kier alpha value is -3.07. The van der Waals surface area contributed by atoms with Crippen LogP contribution in [0, 0.1) is 23.7 Å². The smallest absolute Gasteiger partial charge is 0.406 e. The number of hydrogen-bond donors (Lipinski definition) is 2. The van der Waals surface area contributed by atoms with Gasteiger partial charge in [-0.25, -0.2) is 0 Å². The summed E-state index contributed by atoms with van der Waals surface area (Å²) in [5.41, 5.74) is 0.856. The van der Waals surface area contributed by atoms with E-state index in [9.17, 15) is 22.8 Å². The van der Waals surface area contributed by atoms with Crippen LogP contribution in [0.4, 0.5) is 13.2 Å². The standard InChI is InChI=1S/C28H32F3N3O3/c1-17(2)12-22-24-23-20(16-34(24)15-19-8-10-21(11-9-19)37-28(29,30)31)13-27(22,33-25(23)35)26(36)32-14-18-6-4-3-5-7-18/h3-11,17,20,22-24H,12-16H2,1-2H3,(H,32,36)(H,33,35)/t20-,22+,23-,24-,27+/m1/s1. The van der Waals surface area contributed by atoms with Crippen LogP contribution in [0.1, 0.15) is 37.8 Å². The van der Waals surface area contributed by atoms with Crippen molar-refractivity contribution in [3.8, 4) is 5.75 Å². The molecule has 4 fully saturated rings. The number of rotatable bonds is 8. The van der Waals surface area contributed by atoms with E-state index >= 15 is 0 Å². The molecule has 6 nitrogen and oxygen atoms in total. The van der Waals surface area contributed by atoms with Crippen molar-refractivity contribution in [3.05, 3.63) is 65.7 Å². The number of amides is 2. The lowest BCUT2D eigenvalue weighted by atomic mass is 9.57. The summed E-state index contributed by atoms with van der Waals surface area (Å²) in [6.07, 6.45) is -3.37. The molecule has 3 aliphatic heterocycles. The van der Waals surface area contributed by atoms with Gasteiger partial charge >= 0.3 is 6.36 Å². The van der Waals surface area contributed by atoms with Crippen molar-refractivity contribution < 1.29 is 27.5 Å². The Bertz CT molecular complexity index is 1140. The van der Waals surface area contributed by atoms with Gasteiger partial charge in [-0.2, -0.15) is 0 Å². The van der Waals surface area contributed by atoms with Crippen molar-refractivity contribution in [1.29, 1.82) is 0 Å². The highest BCUT2D eigenvalue weighted by Crippen LogP contribution is 2.54. The first-order valence-corrected chi connectivity index (χ1v) is 12.8.